The molecule has 0 saturated heterocycles. The van der Waals surface area contributed by atoms with E-state index in [0.717, 1.165) is 24.3 Å². The predicted octanol–water partition coefficient (Wildman–Crippen LogP) is 6.53. The van der Waals surface area contributed by atoms with Gasteiger partial charge in [0.2, 0.25) is 0 Å². The molecule has 2 aliphatic rings. The third kappa shape index (κ3) is 2.07. The molecule has 5 rings (SSSR count). The van der Waals surface area contributed by atoms with Crippen LogP contribution in [0.3, 0.4) is 0 Å². The van der Waals surface area contributed by atoms with Crippen molar-refractivity contribution in [2.24, 2.45) is 5.41 Å². The predicted molar refractivity (Wildman–Crippen MR) is 117 cm³/mol. The zero-order chi connectivity index (χ0) is 19.3. The minimum Gasteiger partial charge on any atom is -0.316 e. The number of pyridine rings is 1. The minimum absolute atomic E-state index is 0.0646. The highest BCUT2D eigenvalue weighted by Crippen LogP contribution is 2.61. The van der Waals surface area contributed by atoms with Crippen molar-refractivity contribution in [3.8, 4) is 0 Å². The minimum atomic E-state index is -0.0646. The normalized spacial score (nSPS) is 19.2. The van der Waals surface area contributed by atoms with Gasteiger partial charge in [-0.3, -0.25) is 0 Å². The number of nitrogens with zero attached hydrogens (tertiary/aromatic N) is 3. The van der Waals surface area contributed by atoms with Crippen molar-refractivity contribution >= 4 is 28.5 Å². The summed E-state index contributed by atoms with van der Waals surface area (Å²) in [6.07, 6.45) is 4.07. The van der Waals surface area contributed by atoms with Crippen LogP contribution in [0.4, 0.5) is 22.9 Å². The largest absolute Gasteiger partial charge is 0.316 e. The molecule has 1 unspecified atom stereocenters. The summed E-state index contributed by atoms with van der Waals surface area (Å²) in [6, 6.07) is 23.5. The van der Waals surface area contributed by atoms with E-state index >= 15 is 0 Å². The van der Waals surface area contributed by atoms with Crippen LogP contribution < -0.4 is 9.80 Å². The van der Waals surface area contributed by atoms with Crippen LogP contribution in [-0.4, -0.2) is 11.1 Å². The summed E-state index contributed by atoms with van der Waals surface area (Å²) in [5.74, 6) is 1.03. The van der Waals surface area contributed by atoms with Crippen LogP contribution in [0.15, 0.2) is 79.5 Å². The summed E-state index contributed by atoms with van der Waals surface area (Å²) < 4.78 is 0. The Morgan fingerprint density at radius 1 is 0.857 bits per heavy atom. The third-order valence-electron chi connectivity index (χ3n) is 6.62. The first-order valence-corrected chi connectivity index (χ1v) is 10.1. The summed E-state index contributed by atoms with van der Waals surface area (Å²) in [5.41, 5.74) is 5.98. The molecule has 1 aromatic heterocycles. The second-order valence-electron chi connectivity index (χ2n) is 7.65. The summed E-state index contributed by atoms with van der Waals surface area (Å²) in [4.78, 5) is 9.74. The number of fused-ring (bicyclic) bond motifs is 5. The van der Waals surface area contributed by atoms with E-state index in [4.69, 9.17) is 4.98 Å². The summed E-state index contributed by atoms with van der Waals surface area (Å²) in [6.45, 7) is 9.21. The summed E-state index contributed by atoms with van der Waals surface area (Å²) in [5, 5.41) is 0. The molecule has 2 aromatic carbocycles. The first-order chi connectivity index (χ1) is 13.7. The maximum Gasteiger partial charge on any atom is 0.158 e. The van der Waals surface area contributed by atoms with Crippen LogP contribution in [0.1, 0.15) is 32.3 Å². The van der Waals surface area contributed by atoms with E-state index in [2.05, 4.69) is 90.9 Å². The highest BCUT2D eigenvalue weighted by molar-refractivity contribution is 5.95. The molecule has 0 N–H and O–H groups in total. The maximum atomic E-state index is 4.83. The number of para-hydroxylation sites is 2. The van der Waals surface area contributed by atoms with Crippen LogP contribution >= 0.6 is 0 Å². The van der Waals surface area contributed by atoms with Gasteiger partial charge in [0, 0.05) is 22.9 Å². The van der Waals surface area contributed by atoms with Gasteiger partial charge < -0.3 is 9.80 Å². The van der Waals surface area contributed by atoms with Gasteiger partial charge in [-0.15, -0.1) is 0 Å². The second-order valence-corrected chi connectivity index (χ2v) is 7.65. The van der Waals surface area contributed by atoms with Gasteiger partial charge in [0.05, 0.1) is 11.4 Å². The lowest BCUT2D eigenvalue weighted by molar-refractivity contribution is 0.295. The fourth-order valence-corrected chi connectivity index (χ4v) is 5.14. The van der Waals surface area contributed by atoms with Crippen LogP contribution in [0.25, 0.3) is 5.57 Å². The first kappa shape index (κ1) is 17.1. The molecular formula is C25H25N3. The first-order valence-electron chi connectivity index (χ1n) is 10.1. The molecule has 0 radical (unpaired) electrons. The van der Waals surface area contributed by atoms with Crippen molar-refractivity contribution < 1.29 is 0 Å². The molecule has 0 saturated carbocycles. The van der Waals surface area contributed by atoms with Crippen molar-refractivity contribution in [2.45, 2.75) is 32.9 Å². The van der Waals surface area contributed by atoms with E-state index in [1.165, 1.54) is 22.5 Å². The Hall–Kier alpha value is -3.07. The Bertz CT molecular complexity index is 1040. The molecule has 0 fully saturated rings. The maximum absolute atomic E-state index is 4.83. The molecule has 3 heterocycles. The molecule has 3 heteroatoms. The van der Waals surface area contributed by atoms with Crippen molar-refractivity contribution in [3.05, 3.63) is 85.1 Å². The van der Waals surface area contributed by atoms with Crippen molar-refractivity contribution in [1.29, 1.82) is 0 Å². The molecule has 28 heavy (non-hydrogen) atoms. The molecule has 0 spiro atoms. The van der Waals surface area contributed by atoms with Gasteiger partial charge in [0.15, 0.2) is 5.82 Å². The van der Waals surface area contributed by atoms with E-state index < -0.39 is 0 Å². The van der Waals surface area contributed by atoms with Crippen LogP contribution in [0.5, 0.6) is 0 Å². The van der Waals surface area contributed by atoms with Crippen LogP contribution in [0.2, 0.25) is 0 Å². The van der Waals surface area contributed by atoms with Gasteiger partial charge in [-0.2, -0.15) is 0 Å². The highest BCUT2D eigenvalue weighted by atomic mass is 15.5. The summed E-state index contributed by atoms with van der Waals surface area (Å²) >= 11 is 0. The quantitative estimate of drug-likeness (QED) is 0.524. The number of rotatable bonds is 3. The van der Waals surface area contributed by atoms with Gasteiger partial charge in [-0.25, -0.2) is 4.98 Å². The molecule has 3 aromatic rings. The number of hydrogen-bond acceptors (Lipinski definition) is 3. The monoisotopic (exact) mass is 367 g/mol. The van der Waals surface area contributed by atoms with Crippen LogP contribution in [-0.2, 0) is 0 Å². The molecule has 140 valence electrons. The fraction of sp³-hybridized carbons (Fsp3) is 0.240. The molecular weight excluding hydrogens is 342 g/mol. The summed E-state index contributed by atoms with van der Waals surface area (Å²) in [7, 11) is 0. The Morgan fingerprint density at radius 2 is 1.54 bits per heavy atom. The van der Waals surface area contributed by atoms with Gasteiger partial charge in [-0.1, -0.05) is 56.8 Å². The van der Waals surface area contributed by atoms with E-state index in [0.29, 0.717) is 0 Å². The molecule has 0 amide bonds. The van der Waals surface area contributed by atoms with E-state index in [1.807, 2.05) is 12.3 Å². The average molecular weight is 367 g/mol. The van der Waals surface area contributed by atoms with Gasteiger partial charge in [0.25, 0.3) is 0 Å². The Balaban J connectivity index is 1.85. The molecule has 2 aliphatic heterocycles. The van der Waals surface area contributed by atoms with E-state index in [9.17, 15) is 0 Å². The molecule has 0 aliphatic carbocycles. The zero-order valence-corrected chi connectivity index (χ0v) is 16.5. The Kier molecular flexibility index (Phi) is 3.80. The Morgan fingerprint density at radius 3 is 2.29 bits per heavy atom. The Labute approximate surface area is 167 Å². The van der Waals surface area contributed by atoms with Gasteiger partial charge >= 0.3 is 0 Å². The third-order valence-corrected chi connectivity index (χ3v) is 6.62. The fourth-order valence-electron chi connectivity index (χ4n) is 5.14. The second kappa shape index (κ2) is 6.23. The number of anilines is 4. The zero-order valence-electron chi connectivity index (χ0n) is 16.5. The SMILES string of the molecule is C=C1c2ccccc2N2c3ncccc3N(c3ccccc3)C2C1(CC)CC. The lowest BCUT2D eigenvalue weighted by Gasteiger charge is -2.51. The van der Waals surface area contributed by atoms with Crippen molar-refractivity contribution in [1.82, 2.24) is 4.98 Å². The lowest BCUT2D eigenvalue weighted by atomic mass is 9.67. The molecule has 1 atom stereocenters. The highest BCUT2D eigenvalue weighted by Gasteiger charge is 2.54. The van der Waals surface area contributed by atoms with Crippen molar-refractivity contribution in [2.75, 3.05) is 9.80 Å². The number of hydrogen-bond donors (Lipinski definition) is 0. The van der Waals surface area contributed by atoms with Crippen LogP contribution in [0, 0.1) is 5.41 Å². The average Bonchev–Trinajstić information content (AvgIpc) is 3.11. The standard InChI is InChI=1S/C25H25N3/c1-4-25(5-2)18(3)20-14-9-10-15-21(20)28-23-22(16-11-17-26-23)27(24(25)28)19-12-7-6-8-13-19/h6-17,24H,3-5H2,1-2H3. The van der Waals surface area contributed by atoms with E-state index in [1.54, 1.807) is 0 Å². The van der Waals surface area contributed by atoms with Crippen molar-refractivity contribution in [3.63, 3.8) is 0 Å². The lowest BCUT2D eigenvalue weighted by Crippen LogP contribution is -2.54. The molecule has 3 nitrogen and oxygen atoms in total. The number of benzene rings is 2. The van der Waals surface area contributed by atoms with Gasteiger partial charge in [0.1, 0.15) is 6.17 Å². The number of aromatic nitrogens is 1. The smallest absolute Gasteiger partial charge is 0.158 e. The molecule has 0 bridgehead atoms. The van der Waals surface area contributed by atoms with E-state index in [-0.39, 0.29) is 11.6 Å². The van der Waals surface area contributed by atoms with Gasteiger partial charge in [-0.05, 0) is 48.7 Å². The topological polar surface area (TPSA) is 19.4 Å².